The molecule has 3 aliphatic heterocycles. The number of sulfone groups is 1. The van der Waals surface area contributed by atoms with Crippen LogP contribution in [0.3, 0.4) is 0 Å². The Morgan fingerprint density at radius 1 is 0.977 bits per heavy atom. The number of methoxy groups -OCH3 is 1. The molecule has 7 nitrogen and oxygen atoms in total. The van der Waals surface area contributed by atoms with E-state index in [-0.39, 0.29) is 34.8 Å². The maximum absolute atomic E-state index is 13.9. The van der Waals surface area contributed by atoms with E-state index in [1.165, 1.54) is 0 Å². The lowest BCUT2D eigenvalue weighted by atomic mass is 9.78. The van der Waals surface area contributed by atoms with Gasteiger partial charge in [-0.15, -0.1) is 0 Å². The molecule has 1 N–H and O–H groups in total. The first-order chi connectivity index (χ1) is 20.4. The van der Waals surface area contributed by atoms with Crippen molar-refractivity contribution in [3.63, 3.8) is 0 Å². The van der Waals surface area contributed by atoms with Gasteiger partial charge in [0, 0.05) is 10.7 Å². The topological polar surface area (TPSA) is 93.1 Å². The van der Waals surface area contributed by atoms with Crippen LogP contribution in [0.4, 0.5) is 5.69 Å². The molecule has 3 aromatic rings. The minimum Gasteiger partial charge on any atom is -0.493 e. The maximum Gasteiger partial charge on any atom is 0.232 e. The van der Waals surface area contributed by atoms with E-state index in [1.807, 2.05) is 74.5 Å². The highest BCUT2D eigenvalue weighted by Crippen LogP contribution is 2.48. The number of nitrogens with zero attached hydrogens (tertiary/aromatic N) is 1. The van der Waals surface area contributed by atoms with Crippen LogP contribution in [0.15, 0.2) is 60.7 Å². The zero-order chi connectivity index (χ0) is 30.7. The molecule has 0 radical (unpaired) electrons. The molecule has 2 bridgehead atoms. The Kier molecular flexibility index (Phi) is 7.76. The van der Waals surface area contributed by atoms with Crippen LogP contribution in [0.1, 0.15) is 74.8 Å². The molecule has 0 aromatic heterocycles. The average Bonchev–Trinajstić information content (AvgIpc) is 3.12. The summed E-state index contributed by atoms with van der Waals surface area (Å²) in [6.45, 7) is 5.70. The summed E-state index contributed by atoms with van der Waals surface area (Å²) in [4.78, 5) is 15.7. The highest BCUT2D eigenvalue weighted by Gasteiger charge is 2.51. The van der Waals surface area contributed by atoms with E-state index < -0.39 is 21.5 Å². The van der Waals surface area contributed by atoms with Gasteiger partial charge in [0.2, 0.25) is 5.91 Å². The number of amides is 1. The van der Waals surface area contributed by atoms with Crippen molar-refractivity contribution in [2.45, 2.75) is 81.1 Å². The van der Waals surface area contributed by atoms with Crippen LogP contribution in [-0.4, -0.2) is 43.1 Å². The molecule has 228 valence electrons. The molecule has 4 atom stereocenters. The molecule has 2 fully saturated rings. The van der Waals surface area contributed by atoms with Gasteiger partial charge in [0.15, 0.2) is 21.3 Å². The summed E-state index contributed by atoms with van der Waals surface area (Å²) in [6.07, 6.45) is 2.42. The van der Waals surface area contributed by atoms with Crippen molar-refractivity contribution < 1.29 is 27.8 Å². The van der Waals surface area contributed by atoms with Gasteiger partial charge >= 0.3 is 0 Å². The highest BCUT2D eigenvalue weighted by molar-refractivity contribution is 7.93. The molecule has 9 heteroatoms. The minimum absolute atomic E-state index is 0.0675. The van der Waals surface area contributed by atoms with Gasteiger partial charge in [-0.25, -0.2) is 8.42 Å². The van der Waals surface area contributed by atoms with Crippen LogP contribution in [0.5, 0.6) is 11.5 Å². The molecule has 3 heterocycles. The highest BCUT2D eigenvalue weighted by atomic mass is 35.5. The average molecular weight is 624 g/mol. The van der Waals surface area contributed by atoms with Gasteiger partial charge in [-0.2, -0.15) is 0 Å². The number of hydrogen-bond acceptors (Lipinski definition) is 6. The molecule has 0 saturated carbocycles. The third-order valence-electron chi connectivity index (χ3n) is 9.50. The Morgan fingerprint density at radius 2 is 1.60 bits per heavy atom. The number of benzene rings is 3. The predicted octanol–water partition coefficient (Wildman–Crippen LogP) is 6.38. The SMILES string of the molecule is COc1cc2c(cc1OC(C)C)C(c1ccc(Cl)cc1)N(c1ccc(C(C)(O)C3C[C@@H]4CC[C@@H](C3)S4(=O)=O)cc1)C(=O)C2. The first-order valence-corrected chi connectivity index (χ1v) is 16.9. The molecular formula is C34H38ClNO6S. The van der Waals surface area contributed by atoms with Crippen molar-refractivity contribution in [1.29, 1.82) is 0 Å². The van der Waals surface area contributed by atoms with E-state index >= 15 is 0 Å². The van der Waals surface area contributed by atoms with E-state index in [0.717, 1.165) is 16.7 Å². The van der Waals surface area contributed by atoms with Crippen molar-refractivity contribution in [3.05, 3.63) is 87.9 Å². The number of halogens is 1. The number of ether oxygens (including phenoxy) is 2. The lowest BCUT2D eigenvalue weighted by Gasteiger charge is -2.40. The van der Waals surface area contributed by atoms with Gasteiger partial charge in [0.05, 0.1) is 41.8 Å². The summed E-state index contributed by atoms with van der Waals surface area (Å²) < 4.78 is 37.0. The minimum atomic E-state index is -3.09. The Balaban J connectivity index is 1.38. The number of aliphatic hydroxyl groups is 1. The van der Waals surface area contributed by atoms with Crippen LogP contribution in [0, 0.1) is 5.92 Å². The number of carbonyl (C=O) groups excluding carboxylic acids is 1. The number of rotatable bonds is 7. The fourth-order valence-electron chi connectivity index (χ4n) is 7.19. The molecule has 3 aliphatic rings. The Bertz CT molecular complexity index is 1610. The van der Waals surface area contributed by atoms with Gasteiger partial charge in [-0.3, -0.25) is 4.79 Å². The van der Waals surface area contributed by atoms with Gasteiger partial charge < -0.3 is 19.5 Å². The van der Waals surface area contributed by atoms with E-state index in [1.54, 1.807) is 18.9 Å². The van der Waals surface area contributed by atoms with Crippen LogP contribution >= 0.6 is 11.6 Å². The quantitative estimate of drug-likeness (QED) is 0.328. The van der Waals surface area contributed by atoms with E-state index in [0.29, 0.717) is 53.5 Å². The van der Waals surface area contributed by atoms with E-state index in [9.17, 15) is 18.3 Å². The monoisotopic (exact) mass is 623 g/mol. The first-order valence-electron chi connectivity index (χ1n) is 14.9. The van der Waals surface area contributed by atoms with Crippen molar-refractivity contribution in [3.8, 4) is 11.5 Å². The summed E-state index contributed by atoms with van der Waals surface area (Å²) in [5.74, 6) is 0.970. The van der Waals surface area contributed by atoms with Gasteiger partial charge in [0.1, 0.15) is 0 Å². The second-order valence-electron chi connectivity index (χ2n) is 12.5. The summed E-state index contributed by atoms with van der Waals surface area (Å²) in [5.41, 5.74) is 2.93. The number of fused-ring (bicyclic) bond motifs is 3. The Labute approximate surface area is 258 Å². The van der Waals surface area contributed by atoms with Gasteiger partial charge in [0.25, 0.3) is 0 Å². The summed E-state index contributed by atoms with van der Waals surface area (Å²) in [6, 6.07) is 18.4. The van der Waals surface area contributed by atoms with Crippen LogP contribution < -0.4 is 14.4 Å². The predicted molar refractivity (Wildman–Crippen MR) is 168 cm³/mol. The zero-order valence-corrected chi connectivity index (χ0v) is 26.5. The maximum atomic E-state index is 13.9. The van der Waals surface area contributed by atoms with Gasteiger partial charge in [-0.05, 0) is 111 Å². The zero-order valence-electron chi connectivity index (χ0n) is 24.9. The summed E-state index contributed by atoms with van der Waals surface area (Å²) in [7, 11) is -1.49. The number of anilines is 1. The van der Waals surface area contributed by atoms with Gasteiger partial charge in [-0.1, -0.05) is 35.9 Å². The van der Waals surface area contributed by atoms with Crippen LogP contribution in [0.2, 0.25) is 5.02 Å². The largest absolute Gasteiger partial charge is 0.493 e. The lowest BCUT2D eigenvalue weighted by Crippen LogP contribution is -2.42. The van der Waals surface area contributed by atoms with Crippen LogP contribution in [0.25, 0.3) is 0 Å². The third-order valence-corrected chi connectivity index (χ3v) is 12.5. The second-order valence-corrected chi connectivity index (χ2v) is 15.5. The number of hydrogen-bond donors (Lipinski definition) is 1. The van der Waals surface area contributed by atoms with Crippen LogP contribution in [-0.2, 0) is 26.7 Å². The number of carbonyl (C=O) groups is 1. The van der Waals surface area contributed by atoms with Crippen molar-refractivity contribution in [2.24, 2.45) is 5.92 Å². The molecule has 0 aliphatic carbocycles. The smallest absolute Gasteiger partial charge is 0.232 e. The normalized spacial score (nSPS) is 25.7. The van der Waals surface area contributed by atoms with E-state index in [2.05, 4.69) is 0 Å². The van der Waals surface area contributed by atoms with Crippen molar-refractivity contribution in [2.75, 3.05) is 12.0 Å². The molecule has 6 rings (SSSR count). The third kappa shape index (κ3) is 5.32. The molecule has 43 heavy (non-hydrogen) atoms. The van der Waals surface area contributed by atoms with E-state index in [4.69, 9.17) is 21.1 Å². The van der Waals surface area contributed by atoms with Crippen molar-refractivity contribution in [1.82, 2.24) is 0 Å². The lowest BCUT2D eigenvalue weighted by molar-refractivity contribution is -0.118. The molecule has 0 spiro atoms. The fourth-order valence-corrected chi connectivity index (χ4v) is 9.79. The first kappa shape index (κ1) is 30.0. The molecule has 2 unspecified atom stereocenters. The Hall–Kier alpha value is -3.07. The standard InChI is InChI=1S/C34H38ClNO6S/c1-20(2)42-31-19-29-22(15-30(31)41-4)16-32(37)36(33(29)21-5-9-25(35)10-6-21)26-11-7-23(8-12-26)34(3,38)24-17-27-13-14-28(18-24)43(27,39)40/h5-12,15,19-20,24,27-28,33,38H,13-14,16-18H2,1-4H3/t27-,28-,33?,34?/m0/s1. The summed E-state index contributed by atoms with van der Waals surface area (Å²) >= 11 is 6.24. The molecular weight excluding hydrogens is 586 g/mol. The van der Waals surface area contributed by atoms with Crippen molar-refractivity contribution >= 4 is 33.0 Å². The molecule has 2 saturated heterocycles. The second kappa shape index (κ2) is 11.1. The Morgan fingerprint density at radius 3 is 2.19 bits per heavy atom. The summed E-state index contributed by atoms with van der Waals surface area (Å²) in [5, 5.41) is 11.6. The molecule has 3 aromatic carbocycles. The molecule has 1 amide bonds. The fraction of sp³-hybridized carbons (Fsp3) is 0.441.